The number of carbonyl (C=O) groups is 1. The van der Waals surface area contributed by atoms with Gasteiger partial charge < -0.3 is 15.4 Å². The van der Waals surface area contributed by atoms with E-state index in [1.54, 1.807) is 18.1 Å². The van der Waals surface area contributed by atoms with Crippen molar-refractivity contribution in [1.82, 2.24) is 4.90 Å². The van der Waals surface area contributed by atoms with Crippen LogP contribution >= 0.6 is 0 Å². The second-order valence-electron chi connectivity index (χ2n) is 5.06. The summed E-state index contributed by atoms with van der Waals surface area (Å²) in [5.41, 5.74) is 5.73. The SMILES string of the molecule is C=CCN(CCOC)C(=O)CC(CN)CC(C)C. The third kappa shape index (κ3) is 7.45. The Hall–Kier alpha value is -0.870. The van der Waals surface area contributed by atoms with Crippen LogP contribution < -0.4 is 5.73 Å². The van der Waals surface area contributed by atoms with E-state index in [9.17, 15) is 4.79 Å². The summed E-state index contributed by atoms with van der Waals surface area (Å²) in [6, 6.07) is 0. The quantitative estimate of drug-likeness (QED) is 0.605. The summed E-state index contributed by atoms with van der Waals surface area (Å²) < 4.78 is 5.01. The summed E-state index contributed by atoms with van der Waals surface area (Å²) >= 11 is 0. The number of carbonyl (C=O) groups excluding carboxylic acids is 1. The zero-order chi connectivity index (χ0) is 14.0. The molecule has 0 heterocycles. The number of hydrogen-bond donors (Lipinski definition) is 1. The maximum Gasteiger partial charge on any atom is 0.223 e. The fraction of sp³-hybridized carbons (Fsp3) is 0.786. The minimum atomic E-state index is 0.142. The second kappa shape index (κ2) is 10.1. The van der Waals surface area contributed by atoms with Crippen molar-refractivity contribution in [3.05, 3.63) is 12.7 Å². The number of rotatable bonds is 10. The first kappa shape index (κ1) is 17.1. The summed E-state index contributed by atoms with van der Waals surface area (Å²) in [5.74, 6) is 0.980. The first-order valence-electron chi connectivity index (χ1n) is 6.62. The van der Waals surface area contributed by atoms with Gasteiger partial charge in [-0.05, 0) is 24.8 Å². The summed E-state index contributed by atoms with van der Waals surface area (Å²) in [7, 11) is 1.64. The molecule has 18 heavy (non-hydrogen) atoms. The van der Waals surface area contributed by atoms with Gasteiger partial charge in [-0.1, -0.05) is 19.9 Å². The van der Waals surface area contributed by atoms with E-state index in [4.69, 9.17) is 10.5 Å². The lowest BCUT2D eigenvalue weighted by Crippen LogP contribution is -2.36. The molecule has 0 aromatic carbocycles. The Bertz CT molecular complexity index is 242. The van der Waals surface area contributed by atoms with Gasteiger partial charge >= 0.3 is 0 Å². The molecule has 0 radical (unpaired) electrons. The Labute approximate surface area is 111 Å². The summed E-state index contributed by atoms with van der Waals surface area (Å²) in [4.78, 5) is 13.9. The van der Waals surface area contributed by atoms with Crippen LogP contribution in [0.1, 0.15) is 26.7 Å². The van der Waals surface area contributed by atoms with Crippen LogP contribution in [0.15, 0.2) is 12.7 Å². The Morgan fingerprint density at radius 2 is 2.17 bits per heavy atom. The fourth-order valence-electron chi connectivity index (χ4n) is 1.98. The van der Waals surface area contributed by atoms with Gasteiger partial charge in [0.25, 0.3) is 0 Å². The predicted octanol–water partition coefficient (Wildman–Crippen LogP) is 1.66. The molecule has 1 unspecified atom stereocenters. The molecule has 4 nitrogen and oxygen atoms in total. The van der Waals surface area contributed by atoms with E-state index in [0.29, 0.717) is 38.6 Å². The lowest BCUT2D eigenvalue weighted by Gasteiger charge is -2.24. The maximum atomic E-state index is 12.2. The van der Waals surface area contributed by atoms with Crippen LogP contribution in [-0.4, -0.2) is 44.2 Å². The average Bonchev–Trinajstić information content (AvgIpc) is 2.32. The zero-order valence-corrected chi connectivity index (χ0v) is 12.0. The van der Waals surface area contributed by atoms with Crippen molar-refractivity contribution in [2.45, 2.75) is 26.7 Å². The van der Waals surface area contributed by atoms with E-state index in [1.165, 1.54) is 0 Å². The number of hydrogen-bond acceptors (Lipinski definition) is 3. The molecule has 0 aliphatic heterocycles. The molecule has 106 valence electrons. The van der Waals surface area contributed by atoms with Gasteiger partial charge in [0.05, 0.1) is 6.61 Å². The zero-order valence-electron chi connectivity index (χ0n) is 12.0. The normalized spacial score (nSPS) is 12.5. The Balaban J connectivity index is 4.32. The molecular weight excluding hydrogens is 228 g/mol. The van der Waals surface area contributed by atoms with Gasteiger partial charge in [0, 0.05) is 26.6 Å². The Morgan fingerprint density at radius 1 is 1.50 bits per heavy atom. The Morgan fingerprint density at radius 3 is 2.61 bits per heavy atom. The fourth-order valence-corrected chi connectivity index (χ4v) is 1.98. The molecular formula is C14H28N2O2. The van der Waals surface area contributed by atoms with Gasteiger partial charge in [-0.3, -0.25) is 4.79 Å². The smallest absolute Gasteiger partial charge is 0.223 e. The number of methoxy groups -OCH3 is 1. The highest BCUT2D eigenvalue weighted by molar-refractivity contribution is 5.76. The minimum absolute atomic E-state index is 0.142. The summed E-state index contributed by atoms with van der Waals surface area (Å²) in [5, 5.41) is 0. The molecule has 0 aliphatic rings. The third-order valence-corrected chi connectivity index (χ3v) is 2.87. The van der Waals surface area contributed by atoms with E-state index in [-0.39, 0.29) is 11.8 Å². The van der Waals surface area contributed by atoms with E-state index >= 15 is 0 Å². The molecule has 0 saturated carbocycles. The van der Waals surface area contributed by atoms with Crippen LogP contribution in [-0.2, 0) is 9.53 Å². The number of nitrogens with two attached hydrogens (primary N) is 1. The average molecular weight is 256 g/mol. The molecule has 1 amide bonds. The van der Waals surface area contributed by atoms with Gasteiger partial charge in [0.1, 0.15) is 0 Å². The highest BCUT2D eigenvalue weighted by Gasteiger charge is 2.18. The van der Waals surface area contributed by atoms with Crippen molar-refractivity contribution in [2.24, 2.45) is 17.6 Å². The standard InChI is InChI=1S/C14H28N2O2/c1-5-6-16(7-8-18-4)14(17)10-13(11-15)9-12(2)3/h5,12-13H,1,6-11,15H2,2-4H3. The molecule has 0 aliphatic carbocycles. The molecule has 0 saturated heterocycles. The largest absolute Gasteiger partial charge is 0.383 e. The van der Waals surface area contributed by atoms with E-state index in [1.807, 2.05) is 0 Å². The molecule has 4 heteroatoms. The molecule has 0 fully saturated rings. The van der Waals surface area contributed by atoms with Crippen molar-refractivity contribution in [3.63, 3.8) is 0 Å². The number of ether oxygens (including phenoxy) is 1. The van der Waals surface area contributed by atoms with Crippen LogP contribution in [0.4, 0.5) is 0 Å². The minimum Gasteiger partial charge on any atom is -0.383 e. The third-order valence-electron chi connectivity index (χ3n) is 2.87. The molecule has 0 bridgehead atoms. The van der Waals surface area contributed by atoms with Crippen molar-refractivity contribution in [1.29, 1.82) is 0 Å². The maximum absolute atomic E-state index is 12.2. The van der Waals surface area contributed by atoms with Crippen LogP contribution in [0, 0.1) is 11.8 Å². The molecule has 0 aromatic heterocycles. The van der Waals surface area contributed by atoms with E-state index in [2.05, 4.69) is 20.4 Å². The molecule has 0 rings (SSSR count). The van der Waals surface area contributed by atoms with E-state index in [0.717, 1.165) is 6.42 Å². The van der Waals surface area contributed by atoms with Crippen LogP contribution in [0.3, 0.4) is 0 Å². The molecule has 0 aromatic rings. The van der Waals surface area contributed by atoms with Crippen molar-refractivity contribution in [3.8, 4) is 0 Å². The number of amides is 1. The van der Waals surface area contributed by atoms with Crippen molar-refractivity contribution in [2.75, 3.05) is 33.4 Å². The predicted molar refractivity (Wildman–Crippen MR) is 75.3 cm³/mol. The van der Waals surface area contributed by atoms with Crippen molar-refractivity contribution >= 4 is 5.91 Å². The summed E-state index contributed by atoms with van der Waals surface area (Å²) in [6.07, 6.45) is 3.26. The van der Waals surface area contributed by atoms with Gasteiger partial charge in [0.2, 0.25) is 5.91 Å². The molecule has 1 atom stereocenters. The summed E-state index contributed by atoms with van der Waals surface area (Å²) in [6.45, 7) is 10.3. The van der Waals surface area contributed by atoms with Crippen LogP contribution in [0.5, 0.6) is 0 Å². The van der Waals surface area contributed by atoms with Crippen LogP contribution in [0.2, 0.25) is 0 Å². The first-order valence-corrected chi connectivity index (χ1v) is 6.62. The molecule has 0 spiro atoms. The van der Waals surface area contributed by atoms with Gasteiger partial charge in [-0.2, -0.15) is 0 Å². The lowest BCUT2D eigenvalue weighted by molar-refractivity contribution is -0.132. The van der Waals surface area contributed by atoms with E-state index < -0.39 is 0 Å². The van der Waals surface area contributed by atoms with Crippen molar-refractivity contribution < 1.29 is 9.53 Å². The first-order chi connectivity index (χ1) is 8.54. The van der Waals surface area contributed by atoms with Gasteiger partial charge in [-0.25, -0.2) is 0 Å². The van der Waals surface area contributed by atoms with Gasteiger partial charge in [0.15, 0.2) is 0 Å². The molecule has 2 N–H and O–H groups in total. The van der Waals surface area contributed by atoms with Crippen LogP contribution in [0.25, 0.3) is 0 Å². The number of nitrogens with zero attached hydrogens (tertiary/aromatic N) is 1. The topological polar surface area (TPSA) is 55.6 Å². The highest BCUT2D eigenvalue weighted by atomic mass is 16.5. The Kier molecular flexibility index (Phi) is 9.60. The monoisotopic (exact) mass is 256 g/mol. The highest BCUT2D eigenvalue weighted by Crippen LogP contribution is 2.15. The lowest BCUT2D eigenvalue weighted by atomic mass is 9.94. The second-order valence-corrected chi connectivity index (χ2v) is 5.06. The van der Waals surface area contributed by atoms with Gasteiger partial charge in [-0.15, -0.1) is 6.58 Å².